The minimum absolute atomic E-state index is 0.0136. The van der Waals surface area contributed by atoms with Crippen LogP contribution in [0.25, 0.3) is 6.08 Å². The number of thioether (sulfide) groups is 1. The minimum atomic E-state index is -0.288. The van der Waals surface area contributed by atoms with Crippen LogP contribution in [0.2, 0.25) is 5.02 Å². The van der Waals surface area contributed by atoms with Gasteiger partial charge in [0, 0.05) is 16.8 Å². The molecule has 1 heterocycles. The summed E-state index contributed by atoms with van der Waals surface area (Å²) >= 11 is 12.6. The number of carbonyl (C=O) groups is 2. The molecule has 0 spiro atoms. The van der Waals surface area contributed by atoms with Crippen molar-refractivity contribution in [2.24, 2.45) is 0 Å². The number of anilines is 1. The fourth-order valence-corrected chi connectivity index (χ4v) is 4.53. The van der Waals surface area contributed by atoms with Gasteiger partial charge in [0.25, 0.3) is 11.8 Å². The van der Waals surface area contributed by atoms with Crippen LogP contribution in [0, 0.1) is 6.92 Å². The van der Waals surface area contributed by atoms with Crippen molar-refractivity contribution in [2.45, 2.75) is 26.8 Å². The number of benzene rings is 2. The Bertz CT molecular complexity index is 1040. The van der Waals surface area contributed by atoms with Crippen molar-refractivity contribution in [3.8, 4) is 5.75 Å². The summed E-state index contributed by atoms with van der Waals surface area (Å²) in [6.07, 6.45) is 1.78. The maximum atomic E-state index is 12.5. The largest absolute Gasteiger partial charge is 0.484 e. The van der Waals surface area contributed by atoms with Crippen molar-refractivity contribution in [3.05, 3.63) is 63.5 Å². The van der Waals surface area contributed by atoms with Gasteiger partial charge in [0.2, 0.25) is 0 Å². The predicted octanol–water partition coefficient (Wildman–Crippen LogP) is 5.28. The summed E-state index contributed by atoms with van der Waals surface area (Å²) in [5, 5.41) is 3.34. The van der Waals surface area contributed by atoms with Gasteiger partial charge in [0.15, 0.2) is 6.61 Å². The van der Waals surface area contributed by atoms with Crippen molar-refractivity contribution in [1.29, 1.82) is 0 Å². The number of ether oxygens (including phenoxy) is 1. The molecule has 1 N–H and O–H groups in total. The van der Waals surface area contributed by atoms with Crippen LogP contribution in [0.5, 0.6) is 5.75 Å². The molecule has 0 bridgehead atoms. The summed E-state index contributed by atoms with van der Waals surface area (Å²) in [7, 11) is 0. The molecule has 1 aliphatic heterocycles. The van der Waals surface area contributed by atoms with E-state index in [0.717, 1.165) is 11.1 Å². The monoisotopic (exact) mass is 460 g/mol. The van der Waals surface area contributed by atoms with Gasteiger partial charge >= 0.3 is 0 Å². The van der Waals surface area contributed by atoms with Crippen molar-refractivity contribution < 1.29 is 14.3 Å². The Morgan fingerprint density at radius 3 is 2.77 bits per heavy atom. The summed E-state index contributed by atoms with van der Waals surface area (Å²) in [6, 6.07) is 12.5. The van der Waals surface area contributed by atoms with Gasteiger partial charge in [0.05, 0.1) is 4.91 Å². The number of rotatable bonds is 6. The topological polar surface area (TPSA) is 58.6 Å². The lowest BCUT2D eigenvalue weighted by atomic mass is 10.2. The summed E-state index contributed by atoms with van der Waals surface area (Å²) < 4.78 is 6.18. The Balaban J connectivity index is 1.65. The van der Waals surface area contributed by atoms with E-state index in [9.17, 15) is 9.59 Å². The molecule has 0 saturated carbocycles. The average molecular weight is 461 g/mol. The summed E-state index contributed by atoms with van der Waals surface area (Å²) in [4.78, 5) is 27.0. The van der Waals surface area contributed by atoms with E-state index >= 15 is 0 Å². The van der Waals surface area contributed by atoms with Gasteiger partial charge in [-0.3, -0.25) is 14.5 Å². The van der Waals surface area contributed by atoms with Gasteiger partial charge in [0.1, 0.15) is 10.1 Å². The first-order chi connectivity index (χ1) is 14.2. The molecule has 1 fully saturated rings. The van der Waals surface area contributed by atoms with E-state index in [0.29, 0.717) is 25.7 Å². The van der Waals surface area contributed by atoms with Crippen LogP contribution >= 0.6 is 35.6 Å². The summed E-state index contributed by atoms with van der Waals surface area (Å²) in [5.74, 6) is 0.146. The molecule has 0 aromatic heterocycles. The second-order valence-electron chi connectivity index (χ2n) is 7.01. The van der Waals surface area contributed by atoms with Crippen LogP contribution in [0.3, 0.4) is 0 Å². The molecular formula is C22H21ClN2O3S2. The first-order valence-electron chi connectivity index (χ1n) is 9.30. The Morgan fingerprint density at radius 2 is 2.07 bits per heavy atom. The smallest absolute Gasteiger partial charge is 0.266 e. The molecule has 30 heavy (non-hydrogen) atoms. The van der Waals surface area contributed by atoms with Crippen LogP contribution in [-0.4, -0.2) is 33.7 Å². The van der Waals surface area contributed by atoms with Crippen LogP contribution in [0.1, 0.15) is 25.0 Å². The van der Waals surface area contributed by atoms with Gasteiger partial charge in [-0.05, 0) is 62.2 Å². The van der Waals surface area contributed by atoms with E-state index < -0.39 is 0 Å². The summed E-state index contributed by atoms with van der Waals surface area (Å²) in [6.45, 7) is 5.60. The van der Waals surface area contributed by atoms with Gasteiger partial charge < -0.3 is 10.1 Å². The lowest BCUT2D eigenvalue weighted by molar-refractivity contribution is -0.123. The number of aryl methyl sites for hydroxylation is 1. The first-order valence-corrected chi connectivity index (χ1v) is 10.9. The van der Waals surface area contributed by atoms with Crippen molar-refractivity contribution in [3.63, 3.8) is 0 Å². The number of carbonyl (C=O) groups excluding carboxylic acids is 2. The van der Waals surface area contributed by atoms with Crippen molar-refractivity contribution in [1.82, 2.24) is 4.90 Å². The third kappa shape index (κ3) is 5.41. The molecule has 0 aliphatic carbocycles. The normalized spacial score (nSPS) is 15.2. The van der Waals surface area contributed by atoms with E-state index in [2.05, 4.69) is 5.32 Å². The number of nitrogens with one attached hydrogen (secondary N) is 1. The van der Waals surface area contributed by atoms with Crippen LogP contribution < -0.4 is 10.1 Å². The maximum absolute atomic E-state index is 12.5. The second kappa shape index (κ2) is 9.64. The van der Waals surface area contributed by atoms with Crippen LogP contribution in [0.4, 0.5) is 5.69 Å². The second-order valence-corrected chi connectivity index (χ2v) is 9.13. The molecule has 1 saturated heterocycles. The van der Waals surface area contributed by atoms with Gasteiger partial charge in [-0.2, -0.15) is 0 Å². The van der Waals surface area contributed by atoms with Crippen LogP contribution in [-0.2, 0) is 9.59 Å². The third-order valence-electron chi connectivity index (χ3n) is 4.34. The third-order valence-corrected chi connectivity index (χ3v) is 5.90. The molecule has 5 nitrogen and oxygen atoms in total. The number of hydrogen-bond donors (Lipinski definition) is 1. The number of amides is 2. The first kappa shape index (κ1) is 22.3. The molecule has 0 radical (unpaired) electrons. The number of halogens is 1. The highest BCUT2D eigenvalue weighted by Gasteiger charge is 2.33. The van der Waals surface area contributed by atoms with Gasteiger partial charge in [-0.15, -0.1) is 0 Å². The molecule has 2 aromatic carbocycles. The Kier molecular flexibility index (Phi) is 7.18. The lowest BCUT2D eigenvalue weighted by Gasteiger charge is -2.18. The van der Waals surface area contributed by atoms with E-state index in [1.807, 2.05) is 39.0 Å². The van der Waals surface area contributed by atoms with E-state index in [-0.39, 0.29) is 24.5 Å². The zero-order valence-corrected chi connectivity index (χ0v) is 19.2. The lowest BCUT2D eigenvalue weighted by Crippen LogP contribution is -2.34. The molecule has 0 unspecified atom stereocenters. The standard InChI is InChI=1S/C22H21ClN2O3S2/c1-13(2)25-21(27)19(30-22(25)29)10-15-5-4-6-17(9-15)28-12-20(26)24-18-11-16(23)8-7-14(18)3/h4-11,13H,12H2,1-3H3,(H,24,26)/b19-10-. The molecule has 1 aliphatic rings. The predicted molar refractivity (Wildman–Crippen MR) is 127 cm³/mol. The molecule has 8 heteroatoms. The highest BCUT2D eigenvalue weighted by atomic mass is 35.5. The van der Waals surface area contributed by atoms with E-state index in [1.165, 1.54) is 11.8 Å². The highest BCUT2D eigenvalue weighted by Crippen LogP contribution is 2.34. The minimum Gasteiger partial charge on any atom is -0.484 e. The molecule has 2 aromatic rings. The molecule has 0 atom stereocenters. The number of nitrogens with zero attached hydrogens (tertiary/aromatic N) is 1. The fourth-order valence-electron chi connectivity index (χ4n) is 2.83. The Morgan fingerprint density at radius 1 is 1.30 bits per heavy atom. The zero-order chi connectivity index (χ0) is 21.8. The fraction of sp³-hybridized carbons (Fsp3) is 0.227. The van der Waals surface area contributed by atoms with Gasteiger partial charge in [-0.1, -0.05) is 53.8 Å². The van der Waals surface area contributed by atoms with Crippen molar-refractivity contribution in [2.75, 3.05) is 11.9 Å². The SMILES string of the molecule is Cc1ccc(Cl)cc1NC(=O)COc1cccc(/C=C2\SC(=S)N(C(C)C)C2=O)c1. The number of hydrogen-bond acceptors (Lipinski definition) is 5. The molecule has 156 valence electrons. The molecule has 2 amide bonds. The maximum Gasteiger partial charge on any atom is 0.266 e. The zero-order valence-electron chi connectivity index (χ0n) is 16.8. The average Bonchev–Trinajstić information content (AvgIpc) is 2.96. The van der Waals surface area contributed by atoms with Crippen molar-refractivity contribution >= 4 is 63.5 Å². The molecular weight excluding hydrogens is 440 g/mol. The molecule has 3 rings (SSSR count). The van der Waals surface area contributed by atoms with E-state index in [4.69, 9.17) is 28.6 Å². The van der Waals surface area contributed by atoms with E-state index in [1.54, 1.807) is 35.2 Å². The Labute approximate surface area is 190 Å². The summed E-state index contributed by atoms with van der Waals surface area (Å²) in [5.41, 5.74) is 2.35. The van der Waals surface area contributed by atoms with Crippen LogP contribution in [0.15, 0.2) is 47.4 Å². The quantitative estimate of drug-likeness (QED) is 0.469. The van der Waals surface area contributed by atoms with Gasteiger partial charge in [-0.25, -0.2) is 0 Å². The highest BCUT2D eigenvalue weighted by molar-refractivity contribution is 8.26. The number of thiocarbonyl (C=S) groups is 1. The Hall–Kier alpha value is -2.35.